The molecule has 0 fully saturated rings. The third kappa shape index (κ3) is 4.33. The van der Waals surface area contributed by atoms with Crippen LogP contribution < -0.4 is 5.32 Å². The van der Waals surface area contributed by atoms with Crippen molar-refractivity contribution in [3.05, 3.63) is 64.0 Å². The van der Waals surface area contributed by atoms with Gasteiger partial charge in [0.1, 0.15) is 0 Å². The molecule has 1 aliphatic rings. The normalized spacial score (nSPS) is 17.8. The number of H-pyrrole nitrogens is 1. The maximum absolute atomic E-state index is 13.0. The van der Waals surface area contributed by atoms with Gasteiger partial charge >= 0.3 is 6.18 Å². The van der Waals surface area contributed by atoms with E-state index in [1.807, 2.05) is 6.20 Å². The van der Waals surface area contributed by atoms with Crippen LogP contribution in [0.15, 0.2) is 48.0 Å². The SMILES string of the molecule is FC(F)(F)c1ccc2[nH]cc(CCCCC3CC(c4cccs4)=CCN3)c2c1. The zero-order valence-corrected chi connectivity index (χ0v) is 16.3. The second kappa shape index (κ2) is 8.13. The van der Waals surface area contributed by atoms with E-state index in [0.29, 0.717) is 11.4 Å². The fourth-order valence-electron chi connectivity index (χ4n) is 3.90. The quantitative estimate of drug-likeness (QED) is 0.457. The second-order valence-corrected chi connectivity index (χ2v) is 8.28. The first-order chi connectivity index (χ1) is 13.5. The van der Waals surface area contributed by atoms with Gasteiger partial charge in [0.25, 0.3) is 0 Å². The van der Waals surface area contributed by atoms with Crippen molar-refractivity contribution in [2.75, 3.05) is 6.54 Å². The van der Waals surface area contributed by atoms with Gasteiger partial charge in [-0.25, -0.2) is 0 Å². The number of aromatic amines is 1. The van der Waals surface area contributed by atoms with E-state index in [9.17, 15) is 13.2 Å². The molecule has 0 amide bonds. The Balaban J connectivity index is 1.31. The summed E-state index contributed by atoms with van der Waals surface area (Å²) in [4.78, 5) is 4.45. The highest BCUT2D eigenvalue weighted by Crippen LogP contribution is 2.33. The van der Waals surface area contributed by atoms with Gasteiger partial charge in [-0.05, 0) is 66.5 Å². The second-order valence-electron chi connectivity index (χ2n) is 7.33. The van der Waals surface area contributed by atoms with Gasteiger partial charge in [0, 0.05) is 34.6 Å². The van der Waals surface area contributed by atoms with Crippen molar-refractivity contribution in [3.8, 4) is 0 Å². The lowest BCUT2D eigenvalue weighted by atomic mass is 9.95. The van der Waals surface area contributed by atoms with Crippen LogP contribution in [-0.4, -0.2) is 17.6 Å². The average Bonchev–Trinajstić information content (AvgIpc) is 3.35. The largest absolute Gasteiger partial charge is 0.416 e. The fourth-order valence-corrected chi connectivity index (χ4v) is 4.68. The molecule has 28 heavy (non-hydrogen) atoms. The predicted octanol–water partition coefficient (Wildman–Crippen LogP) is 6.41. The lowest BCUT2D eigenvalue weighted by molar-refractivity contribution is -0.137. The number of rotatable bonds is 6. The van der Waals surface area contributed by atoms with E-state index in [1.54, 1.807) is 11.3 Å². The van der Waals surface area contributed by atoms with Crippen LogP contribution >= 0.6 is 11.3 Å². The molecule has 0 saturated heterocycles. The highest BCUT2D eigenvalue weighted by atomic mass is 32.1. The van der Waals surface area contributed by atoms with Crippen LogP contribution in [0.2, 0.25) is 0 Å². The minimum absolute atomic E-state index is 0.474. The van der Waals surface area contributed by atoms with Crippen LogP contribution in [0.3, 0.4) is 0 Å². The summed E-state index contributed by atoms with van der Waals surface area (Å²) in [7, 11) is 0. The number of aromatic nitrogens is 1. The van der Waals surface area contributed by atoms with Crippen LogP contribution in [0.1, 0.15) is 41.7 Å². The Hall–Kier alpha value is -2.05. The van der Waals surface area contributed by atoms with E-state index in [2.05, 4.69) is 33.9 Å². The molecule has 3 heterocycles. The summed E-state index contributed by atoms with van der Waals surface area (Å²) in [6.07, 6.45) is 4.76. The summed E-state index contributed by atoms with van der Waals surface area (Å²) in [6, 6.07) is 8.65. The predicted molar refractivity (Wildman–Crippen MR) is 110 cm³/mol. The highest BCUT2D eigenvalue weighted by molar-refractivity contribution is 7.11. The van der Waals surface area contributed by atoms with Crippen LogP contribution in [-0.2, 0) is 12.6 Å². The Labute approximate surface area is 166 Å². The van der Waals surface area contributed by atoms with Gasteiger partial charge < -0.3 is 10.3 Å². The summed E-state index contributed by atoms with van der Waals surface area (Å²) >= 11 is 1.78. The lowest BCUT2D eigenvalue weighted by Gasteiger charge is -2.24. The summed E-state index contributed by atoms with van der Waals surface area (Å²) < 4.78 is 38.9. The number of hydrogen-bond acceptors (Lipinski definition) is 2. The molecule has 0 spiro atoms. The lowest BCUT2D eigenvalue weighted by Crippen LogP contribution is -2.32. The first-order valence-corrected chi connectivity index (χ1v) is 10.5. The van der Waals surface area contributed by atoms with E-state index >= 15 is 0 Å². The van der Waals surface area contributed by atoms with Crippen molar-refractivity contribution in [1.82, 2.24) is 10.3 Å². The zero-order chi connectivity index (χ0) is 19.6. The van der Waals surface area contributed by atoms with E-state index in [0.717, 1.165) is 55.8 Å². The maximum Gasteiger partial charge on any atom is 0.416 e. The molecule has 6 heteroatoms. The molecule has 1 aliphatic heterocycles. The van der Waals surface area contributed by atoms with Crippen LogP contribution in [0.5, 0.6) is 0 Å². The monoisotopic (exact) mass is 404 g/mol. The molecule has 1 unspecified atom stereocenters. The molecule has 2 aromatic heterocycles. The first kappa shape index (κ1) is 19.3. The summed E-state index contributed by atoms with van der Waals surface area (Å²) in [5.74, 6) is 0. The van der Waals surface area contributed by atoms with Gasteiger partial charge in [0.15, 0.2) is 0 Å². The molecule has 2 nitrogen and oxygen atoms in total. The number of thiophene rings is 1. The van der Waals surface area contributed by atoms with E-state index < -0.39 is 11.7 Å². The molecule has 148 valence electrons. The first-order valence-electron chi connectivity index (χ1n) is 9.64. The van der Waals surface area contributed by atoms with Crippen molar-refractivity contribution in [2.45, 2.75) is 44.3 Å². The smallest absolute Gasteiger partial charge is 0.361 e. The Morgan fingerprint density at radius 3 is 2.82 bits per heavy atom. The Kier molecular flexibility index (Phi) is 5.60. The standard InChI is InChI=1S/C22H23F3N2S/c23-22(24,25)17-7-8-20-19(13-17)16(14-27-20)4-1-2-5-18-12-15(9-10-26-18)21-6-3-11-28-21/h3,6-9,11,13-14,18,26-27H,1-2,4-5,10,12H2. The molecule has 0 aliphatic carbocycles. The minimum atomic E-state index is -4.30. The molecule has 3 aromatic rings. The van der Waals surface area contributed by atoms with Gasteiger partial charge in [-0.3, -0.25) is 0 Å². The number of alkyl halides is 3. The molecule has 4 rings (SSSR count). The minimum Gasteiger partial charge on any atom is -0.361 e. The molecule has 1 atom stereocenters. The van der Waals surface area contributed by atoms with Crippen LogP contribution in [0, 0.1) is 0 Å². The van der Waals surface area contributed by atoms with Crippen molar-refractivity contribution >= 4 is 27.8 Å². The fraction of sp³-hybridized carbons (Fsp3) is 0.364. The Bertz CT molecular complexity index is 954. The van der Waals surface area contributed by atoms with Crippen LogP contribution in [0.25, 0.3) is 16.5 Å². The van der Waals surface area contributed by atoms with Gasteiger partial charge in [0.05, 0.1) is 5.56 Å². The molecule has 0 radical (unpaired) electrons. The Morgan fingerprint density at radius 2 is 2.04 bits per heavy atom. The number of aryl methyl sites for hydroxylation is 1. The van der Waals surface area contributed by atoms with Crippen molar-refractivity contribution < 1.29 is 13.2 Å². The third-order valence-electron chi connectivity index (χ3n) is 5.40. The maximum atomic E-state index is 13.0. The number of halogens is 3. The Morgan fingerprint density at radius 1 is 1.14 bits per heavy atom. The topological polar surface area (TPSA) is 27.8 Å². The van der Waals surface area contributed by atoms with Crippen molar-refractivity contribution in [2.24, 2.45) is 0 Å². The van der Waals surface area contributed by atoms with E-state index in [4.69, 9.17) is 0 Å². The average molecular weight is 405 g/mol. The number of hydrogen-bond donors (Lipinski definition) is 2. The zero-order valence-electron chi connectivity index (χ0n) is 15.5. The summed E-state index contributed by atoms with van der Waals surface area (Å²) in [6.45, 7) is 0.903. The third-order valence-corrected chi connectivity index (χ3v) is 6.35. The van der Waals surface area contributed by atoms with E-state index in [-0.39, 0.29) is 0 Å². The molecule has 0 saturated carbocycles. The van der Waals surface area contributed by atoms with Crippen molar-refractivity contribution in [3.63, 3.8) is 0 Å². The summed E-state index contributed by atoms with van der Waals surface area (Å²) in [5.41, 5.74) is 2.58. The van der Waals surface area contributed by atoms with Gasteiger partial charge in [0.2, 0.25) is 0 Å². The number of benzene rings is 1. The highest BCUT2D eigenvalue weighted by Gasteiger charge is 2.30. The number of unbranched alkanes of at least 4 members (excludes halogenated alkanes) is 1. The molecular formula is C22H23F3N2S. The van der Waals surface area contributed by atoms with Gasteiger partial charge in [-0.1, -0.05) is 18.6 Å². The molecule has 0 bridgehead atoms. The van der Waals surface area contributed by atoms with E-state index in [1.165, 1.54) is 22.6 Å². The van der Waals surface area contributed by atoms with Crippen LogP contribution in [0.4, 0.5) is 13.2 Å². The summed E-state index contributed by atoms with van der Waals surface area (Å²) in [5, 5.41) is 6.35. The van der Waals surface area contributed by atoms with Gasteiger partial charge in [-0.15, -0.1) is 11.3 Å². The van der Waals surface area contributed by atoms with Crippen molar-refractivity contribution in [1.29, 1.82) is 0 Å². The molecule has 2 N–H and O–H groups in total. The van der Waals surface area contributed by atoms with Gasteiger partial charge in [-0.2, -0.15) is 13.2 Å². The molecular weight excluding hydrogens is 381 g/mol. The number of fused-ring (bicyclic) bond motifs is 1. The number of nitrogens with one attached hydrogen (secondary N) is 2. The molecule has 1 aromatic carbocycles.